The van der Waals surface area contributed by atoms with Gasteiger partial charge in [-0.3, -0.25) is 9.59 Å². The van der Waals surface area contributed by atoms with Gasteiger partial charge in [0, 0.05) is 6.42 Å². The number of carbonyl (C=O) groups is 2. The summed E-state index contributed by atoms with van der Waals surface area (Å²) >= 11 is 0. The van der Waals surface area contributed by atoms with Crippen molar-refractivity contribution in [1.29, 1.82) is 0 Å². The van der Waals surface area contributed by atoms with E-state index < -0.39 is 18.2 Å². The van der Waals surface area contributed by atoms with Crippen molar-refractivity contribution in [3.05, 3.63) is 36.5 Å². The second-order valence-electron chi connectivity index (χ2n) is 16.2. The summed E-state index contributed by atoms with van der Waals surface area (Å²) < 4.78 is 5.89. The Balaban J connectivity index is 4.64. The number of rotatable bonds is 42. The molecule has 0 aliphatic heterocycles. The third kappa shape index (κ3) is 38.7. The van der Waals surface area contributed by atoms with Gasteiger partial charge in [-0.2, -0.15) is 0 Å². The molecule has 0 aromatic rings. The quantitative estimate of drug-likeness (QED) is 0.0248. The molecule has 0 aromatic carbocycles. The molecule has 0 spiro atoms. The standard InChI is InChI=1S/C49H91NO5/c1-4-7-10-13-16-19-21-23-25-27-30-33-36-39-42-49(54)55-45(40-37-34-31-29-26-24-22-20-17-14-11-8-5-2)43-48(53)50-46(44-51)47(52)41-38-35-32-28-18-15-12-9-6-3/h17,20,22,24-25,27,45-47,51-52H,4-16,18-19,21,23,26,28-44H2,1-3H3,(H,50,53)/b20-17+,24-22+,27-25-. The molecule has 0 rings (SSSR count). The number of allylic oxidation sites excluding steroid dienone is 6. The number of aliphatic hydroxyl groups excluding tert-OH is 2. The minimum Gasteiger partial charge on any atom is -0.462 e. The Kier molecular flexibility index (Phi) is 41.7. The van der Waals surface area contributed by atoms with Crippen molar-refractivity contribution in [2.75, 3.05) is 6.61 Å². The average molecular weight is 774 g/mol. The molecule has 322 valence electrons. The maximum absolute atomic E-state index is 13.1. The Morgan fingerprint density at radius 3 is 1.44 bits per heavy atom. The Hall–Kier alpha value is -1.92. The molecule has 0 saturated carbocycles. The zero-order valence-electron chi connectivity index (χ0n) is 36.6. The van der Waals surface area contributed by atoms with Crippen LogP contribution in [-0.2, 0) is 14.3 Å². The minimum absolute atomic E-state index is 0.0594. The Bertz CT molecular complexity index is 915. The number of esters is 1. The van der Waals surface area contributed by atoms with E-state index in [1.165, 1.54) is 109 Å². The van der Waals surface area contributed by atoms with Crippen LogP contribution in [-0.4, -0.2) is 46.9 Å². The summed E-state index contributed by atoms with van der Waals surface area (Å²) in [5, 5.41) is 23.6. The van der Waals surface area contributed by atoms with Crippen molar-refractivity contribution in [3.8, 4) is 0 Å². The molecular weight excluding hydrogens is 683 g/mol. The number of aliphatic hydroxyl groups is 2. The molecule has 3 atom stereocenters. The monoisotopic (exact) mass is 774 g/mol. The third-order valence-corrected chi connectivity index (χ3v) is 10.7. The van der Waals surface area contributed by atoms with Crippen molar-refractivity contribution in [1.82, 2.24) is 5.32 Å². The summed E-state index contributed by atoms with van der Waals surface area (Å²) in [7, 11) is 0. The van der Waals surface area contributed by atoms with Crippen molar-refractivity contribution in [2.24, 2.45) is 0 Å². The van der Waals surface area contributed by atoms with Crippen molar-refractivity contribution in [2.45, 2.75) is 257 Å². The lowest BCUT2D eigenvalue weighted by atomic mass is 10.0. The van der Waals surface area contributed by atoms with Gasteiger partial charge in [0.15, 0.2) is 0 Å². The van der Waals surface area contributed by atoms with Gasteiger partial charge in [-0.25, -0.2) is 0 Å². The minimum atomic E-state index is -0.791. The summed E-state index contributed by atoms with van der Waals surface area (Å²) in [6.45, 7) is 6.41. The fourth-order valence-electron chi connectivity index (χ4n) is 7.06. The molecule has 3 N–H and O–H groups in total. The molecule has 6 heteroatoms. The Morgan fingerprint density at radius 2 is 0.927 bits per heavy atom. The third-order valence-electron chi connectivity index (χ3n) is 10.7. The molecule has 6 nitrogen and oxygen atoms in total. The van der Waals surface area contributed by atoms with Gasteiger partial charge in [-0.1, -0.05) is 186 Å². The van der Waals surface area contributed by atoms with Crippen LogP contribution >= 0.6 is 0 Å². The van der Waals surface area contributed by atoms with Gasteiger partial charge in [0.25, 0.3) is 0 Å². The van der Waals surface area contributed by atoms with Gasteiger partial charge in [-0.15, -0.1) is 0 Å². The smallest absolute Gasteiger partial charge is 0.306 e. The number of unbranched alkanes of at least 4 members (excludes halogenated alkanes) is 25. The zero-order valence-corrected chi connectivity index (χ0v) is 36.6. The molecule has 55 heavy (non-hydrogen) atoms. The second kappa shape index (κ2) is 43.2. The molecule has 0 radical (unpaired) electrons. The van der Waals surface area contributed by atoms with Gasteiger partial charge in [0.05, 0.1) is 25.2 Å². The van der Waals surface area contributed by atoms with E-state index in [0.29, 0.717) is 19.3 Å². The first-order valence-corrected chi connectivity index (χ1v) is 23.7. The first kappa shape index (κ1) is 53.1. The first-order valence-electron chi connectivity index (χ1n) is 23.7. The van der Waals surface area contributed by atoms with Crippen LogP contribution in [0.4, 0.5) is 0 Å². The Morgan fingerprint density at radius 1 is 0.527 bits per heavy atom. The molecule has 0 aliphatic rings. The number of hydrogen-bond acceptors (Lipinski definition) is 5. The topological polar surface area (TPSA) is 95.9 Å². The fourth-order valence-corrected chi connectivity index (χ4v) is 7.06. The lowest BCUT2D eigenvalue weighted by molar-refractivity contribution is -0.151. The van der Waals surface area contributed by atoms with Gasteiger partial charge < -0.3 is 20.3 Å². The maximum atomic E-state index is 13.1. The van der Waals surface area contributed by atoms with Gasteiger partial charge in [0.2, 0.25) is 5.91 Å². The summed E-state index contributed by atoms with van der Waals surface area (Å²) in [5.41, 5.74) is 0. The van der Waals surface area contributed by atoms with E-state index in [1.54, 1.807) is 0 Å². The van der Waals surface area contributed by atoms with E-state index in [0.717, 1.165) is 83.5 Å². The van der Waals surface area contributed by atoms with Gasteiger partial charge in [0.1, 0.15) is 6.10 Å². The summed E-state index contributed by atoms with van der Waals surface area (Å²) in [5.74, 6) is -0.511. The van der Waals surface area contributed by atoms with E-state index in [-0.39, 0.29) is 24.9 Å². The van der Waals surface area contributed by atoms with Crippen LogP contribution in [0.3, 0.4) is 0 Å². The normalized spacial score (nSPS) is 13.6. The predicted octanol–water partition coefficient (Wildman–Crippen LogP) is 13.7. The van der Waals surface area contributed by atoms with Crippen LogP contribution in [0.1, 0.15) is 239 Å². The molecule has 0 heterocycles. The molecule has 0 aliphatic carbocycles. The molecule has 3 unspecified atom stereocenters. The molecule has 0 saturated heterocycles. The van der Waals surface area contributed by atoms with E-state index in [2.05, 4.69) is 62.5 Å². The van der Waals surface area contributed by atoms with Crippen LogP contribution in [0, 0.1) is 0 Å². The lowest BCUT2D eigenvalue weighted by Gasteiger charge is -2.24. The molecule has 0 aromatic heterocycles. The molecule has 0 fully saturated rings. The highest BCUT2D eigenvalue weighted by molar-refractivity contribution is 5.77. The van der Waals surface area contributed by atoms with Crippen molar-refractivity contribution in [3.63, 3.8) is 0 Å². The zero-order chi connectivity index (χ0) is 40.3. The van der Waals surface area contributed by atoms with Crippen LogP contribution < -0.4 is 5.32 Å². The van der Waals surface area contributed by atoms with Gasteiger partial charge in [-0.05, 0) is 77.0 Å². The SMILES string of the molecule is CCCCC/C=C/C=C/CCCCCCC(CC(=O)NC(CO)C(O)CCCCCCCCCCC)OC(=O)CCCCC/C=C\CCCCCCCCC. The molecule has 1 amide bonds. The number of hydrogen-bond donors (Lipinski definition) is 3. The van der Waals surface area contributed by atoms with E-state index in [1.807, 2.05) is 0 Å². The van der Waals surface area contributed by atoms with Crippen molar-refractivity contribution < 1.29 is 24.5 Å². The largest absolute Gasteiger partial charge is 0.462 e. The summed E-state index contributed by atoms with van der Waals surface area (Å²) in [4.78, 5) is 26.0. The Labute approximate surface area is 341 Å². The number of amides is 1. The van der Waals surface area contributed by atoms with Crippen LogP contribution in [0.15, 0.2) is 36.5 Å². The highest BCUT2D eigenvalue weighted by Crippen LogP contribution is 2.17. The maximum Gasteiger partial charge on any atom is 0.306 e. The highest BCUT2D eigenvalue weighted by Gasteiger charge is 2.24. The lowest BCUT2D eigenvalue weighted by Crippen LogP contribution is -2.46. The summed E-state index contributed by atoms with van der Waals surface area (Å²) in [6.07, 6.45) is 49.2. The molecule has 0 bridgehead atoms. The van der Waals surface area contributed by atoms with Crippen molar-refractivity contribution >= 4 is 11.9 Å². The van der Waals surface area contributed by atoms with E-state index in [9.17, 15) is 19.8 Å². The predicted molar refractivity (Wildman–Crippen MR) is 236 cm³/mol. The van der Waals surface area contributed by atoms with Gasteiger partial charge >= 0.3 is 5.97 Å². The number of carbonyl (C=O) groups excluding carboxylic acids is 2. The number of nitrogens with one attached hydrogen (secondary N) is 1. The second-order valence-corrected chi connectivity index (χ2v) is 16.2. The first-order chi connectivity index (χ1) is 27.0. The van der Waals surface area contributed by atoms with E-state index >= 15 is 0 Å². The van der Waals surface area contributed by atoms with E-state index in [4.69, 9.17) is 4.74 Å². The summed E-state index contributed by atoms with van der Waals surface area (Å²) in [6, 6.07) is -0.707. The number of ether oxygens (including phenoxy) is 1. The van der Waals surface area contributed by atoms with Crippen LogP contribution in [0.5, 0.6) is 0 Å². The highest BCUT2D eigenvalue weighted by atomic mass is 16.5. The van der Waals surface area contributed by atoms with Crippen LogP contribution in [0.2, 0.25) is 0 Å². The average Bonchev–Trinajstić information content (AvgIpc) is 3.18. The molecular formula is C49H91NO5. The van der Waals surface area contributed by atoms with Crippen LogP contribution in [0.25, 0.3) is 0 Å². The fraction of sp³-hybridized carbons (Fsp3) is 0.837.